The van der Waals surface area contributed by atoms with Gasteiger partial charge in [-0.3, -0.25) is 0 Å². The summed E-state index contributed by atoms with van der Waals surface area (Å²) in [5.74, 6) is 0.184. The largest absolute Gasteiger partial charge is 0.412 e. The lowest BCUT2D eigenvalue weighted by atomic mass is 9.83. The van der Waals surface area contributed by atoms with E-state index in [4.69, 9.17) is 9.84 Å². The highest BCUT2D eigenvalue weighted by Crippen LogP contribution is 2.29. The molecule has 80 valence electrons. The zero-order valence-electron chi connectivity index (χ0n) is 8.40. The molecule has 5 atom stereocenters. The molecule has 4 N–H and O–H groups in total. The van der Waals surface area contributed by atoms with Gasteiger partial charge in [-0.2, -0.15) is 0 Å². The smallest absolute Gasteiger partial charge is 0.0859 e. The van der Waals surface area contributed by atoms with Gasteiger partial charge in [0.05, 0.1) is 24.9 Å². The van der Waals surface area contributed by atoms with Gasteiger partial charge < -0.3 is 20.4 Å². The van der Waals surface area contributed by atoms with Crippen LogP contribution in [-0.4, -0.2) is 40.6 Å². The van der Waals surface area contributed by atoms with Crippen molar-refractivity contribution >= 4 is 0 Å². The normalized spacial score (nSPS) is 45.5. The molecule has 0 radical (unpaired) electrons. The van der Waals surface area contributed by atoms with Gasteiger partial charge in [-0.15, -0.1) is 0 Å². The van der Waals surface area contributed by atoms with Crippen LogP contribution in [0.1, 0.15) is 20.8 Å². The monoisotopic (exact) mass is 192 g/mol. The minimum atomic E-state index is -0.356. The summed E-state index contributed by atoms with van der Waals surface area (Å²) in [7, 11) is 0. The molecular weight excluding hydrogens is 172 g/mol. The second-order valence-corrected chi connectivity index (χ2v) is 3.77. The molecule has 1 fully saturated rings. The van der Waals surface area contributed by atoms with Gasteiger partial charge in [0.15, 0.2) is 0 Å². The molecular formula is C9H20O4. The van der Waals surface area contributed by atoms with Crippen molar-refractivity contribution in [1.82, 2.24) is 0 Å². The van der Waals surface area contributed by atoms with Crippen LogP contribution in [0.4, 0.5) is 0 Å². The Morgan fingerprint density at radius 3 is 2.15 bits per heavy atom. The maximum Gasteiger partial charge on any atom is 0.0859 e. The van der Waals surface area contributed by atoms with Crippen molar-refractivity contribution in [2.45, 2.75) is 39.1 Å². The lowest BCUT2D eigenvalue weighted by Crippen LogP contribution is -2.49. The van der Waals surface area contributed by atoms with Gasteiger partial charge >= 0.3 is 0 Å². The standard InChI is InChI=1S/C9H18O3.H2O/c1-5-7(3)12-8(4-10)6(2)9(5)11;/h5-11H,4H2,1-3H3;1H2/t5?,6-,7+,8?,9+;/m1./s1. The Morgan fingerprint density at radius 1 is 1.15 bits per heavy atom. The van der Waals surface area contributed by atoms with Gasteiger partial charge in [-0.25, -0.2) is 0 Å². The van der Waals surface area contributed by atoms with E-state index in [0.717, 1.165) is 0 Å². The molecule has 1 heterocycles. The summed E-state index contributed by atoms with van der Waals surface area (Å²) in [5, 5.41) is 18.7. The maximum atomic E-state index is 9.73. The molecule has 0 aromatic carbocycles. The van der Waals surface area contributed by atoms with E-state index in [2.05, 4.69) is 0 Å². The molecule has 1 aliphatic rings. The van der Waals surface area contributed by atoms with Crippen LogP contribution in [0, 0.1) is 11.8 Å². The fourth-order valence-corrected chi connectivity index (χ4v) is 1.71. The van der Waals surface area contributed by atoms with Crippen molar-refractivity contribution in [1.29, 1.82) is 0 Å². The van der Waals surface area contributed by atoms with E-state index in [1.54, 1.807) is 0 Å². The van der Waals surface area contributed by atoms with Gasteiger partial charge in [-0.05, 0) is 6.92 Å². The molecule has 1 aliphatic heterocycles. The molecule has 2 unspecified atom stereocenters. The first kappa shape index (κ1) is 12.8. The van der Waals surface area contributed by atoms with Crippen LogP contribution in [0.5, 0.6) is 0 Å². The molecule has 0 saturated carbocycles. The Morgan fingerprint density at radius 2 is 1.69 bits per heavy atom. The molecule has 0 bridgehead atoms. The topological polar surface area (TPSA) is 81.2 Å². The quantitative estimate of drug-likeness (QED) is 0.591. The minimum absolute atomic E-state index is 0. The Bertz CT molecular complexity index is 146. The van der Waals surface area contributed by atoms with Crippen LogP contribution in [-0.2, 0) is 4.74 Å². The highest BCUT2D eigenvalue weighted by molar-refractivity contribution is 4.85. The van der Waals surface area contributed by atoms with Crippen molar-refractivity contribution in [3.8, 4) is 0 Å². The van der Waals surface area contributed by atoms with Crippen LogP contribution in [0.2, 0.25) is 0 Å². The Labute approximate surface area is 78.8 Å². The number of hydrogen-bond donors (Lipinski definition) is 2. The predicted octanol–water partition coefficient (Wildman–Crippen LogP) is -0.426. The van der Waals surface area contributed by atoms with Crippen molar-refractivity contribution in [2.75, 3.05) is 6.61 Å². The lowest BCUT2D eigenvalue weighted by Gasteiger charge is -2.40. The van der Waals surface area contributed by atoms with Crippen molar-refractivity contribution in [3.63, 3.8) is 0 Å². The molecule has 13 heavy (non-hydrogen) atoms. The highest BCUT2D eigenvalue weighted by Gasteiger charge is 2.37. The summed E-state index contributed by atoms with van der Waals surface area (Å²) < 4.78 is 5.52. The van der Waals surface area contributed by atoms with Crippen molar-refractivity contribution in [3.05, 3.63) is 0 Å². The number of ether oxygens (including phenoxy) is 1. The maximum absolute atomic E-state index is 9.73. The van der Waals surface area contributed by atoms with E-state index in [-0.39, 0.29) is 42.2 Å². The second kappa shape index (κ2) is 4.91. The first-order chi connectivity index (χ1) is 5.57. The van der Waals surface area contributed by atoms with Gasteiger partial charge in [-0.1, -0.05) is 13.8 Å². The fraction of sp³-hybridized carbons (Fsp3) is 1.00. The van der Waals surface area contributed by atoms with Gasteiger partial charge in [0.1, 0.15) is 0 Å². The first-order valence-corrected chi connectivity index (χ1v) is 4.52. The Kier molecular flexibility index (Phi) is 4.85. The summed E-state index contributed by atoms with van der Waals surface area (Å²) >= 11 is 0. The molecule has 1 saturated heterocycles. The number of hydrogen-bond acceptors (Lipinski definition) is 3. The molecule has 4 heteroatoms. The first-order valence-electron chi connectivity index (χ1n) is 4.52. The van der Waals surface area contributed by atoms with Crippen LogP contribution >= 0.6 is 0 Å². The van der Waals surface area contributed by atoms with E-state index in [1.807, 2.05) is 20.8 Å². The third kappa shape index (κ3) is 2.40. The lowest BCUT2D eigenvalue weighted by molar-refractivity contribution is -0.168. The molecule has 1 rings (SSSR count). The summed E-state index contributed by atoms with van der Waals surface area (Å²) in [6.07, 6.45) is -0.523. The zero-order valence-corrected chi connectivity index (χ0v) is 8.40. The highest BCUT2D eigenvalue weighted by atomic mass is 16.5. The molecule has 0 aromatic heterocycles. The fourth-order valence-electron chi connectivity index (χ4n) is 1.71. The van der Waals surface area contributed by atoms with Crippen molar-refractivity contribution in [2.24, 2.45) is 11.8 Å². The van der Waals surface area contributed by atoms with E-state index in [1.165, 1.54) is 0 Å². The van der Waals surface area contributed by atoms with Crippen LogP contribution in [0.15, 0.2) is 0 Å². The minimum Gasteiger partial charge on any atom is -0.412 e. The number of rotatable bonds is 1. The zero-order chi connectivity index (χ0) is 9.30. The van der Waals surface area contributed by atoms with E-state index >= 15 is 0 Å². The number of aliphatic hydroxyl groups excluding tert-OH is 2. The van der Waals surface area contributed by atoms with Crippen LogP contribution < -0.4 is 0 Å². The predicted molar refractivity (Wildman–Crippen MR) is 49.4 cm³/mol. The van der Waals surface area contributed by atoms with Crippen LogP contribution in [0.25, 0.3) is 0 Å². The van der Waals surface area contributed by atoms with E-state index in [0.29, 0.717) is 0 Å². The summed E-state index contributed by atoms with van der Waals surface area (Å²) in [6, 6.07) is 0. The second-order valence-electron chi connectivity index (χ2n) is 3.77. The third-order valence-corrected chi connectivity index (χ3v) is 2.97. The third-order valence-electron chi connectivity index (χ3n) is 2.97. The molecule has 4 nitrogen and oxygen atoms in total. The summed E-state index contributed by atoms with van der Waals surface area (Å²) in [6.45, 7) is 5.81. The van der Waals surface area contributed by atoms with Crippen LogP contribution in [0.3, 0.4) is 0 Å². The van der Waals surface area contributed by atoms with E-state index in [9.17, 15) is 5.11 Å². The number of aliphatic hydroxyl groups is 2. The SMILES string of the molecule is CC1[C@H](C)OC(CO)[C@@H](C)[C@H]1O.O. The van der Waals surface area contributed by atoms with E-state index < -0.39 is 0 Å². The van der Waals surface area contributed by atoms with Gasteiger partial charge in [0.25, 0.3) is 0 Å². The van der Waals surface area contributed by atoms with Gasteiger partial charge in [0, 0.05) is 11.8 Å². The average molecular weight is 192 g/mol. The summed E-state index contributed by atoms with van der Waals surface area (Å²) in [4.78, 5) is 0. The molecule has 0 aromatic rings. The Balaban J connectivity index is 0.00000144. The molecule has 0 aliphatic carbocycles. The van der Waals surface area contributed by atoms with Gasteiger partial charge in [0.2, 0.25) is 0 Å². The summed E-state index contributed by atoms with van der Waals surface area (Å²) in [5.41, 5.74) is 0. The molecule has 0 amide bonds. The Hall–Kier alpha value is -0.160. The van der Waals surface area contributed by atoms with Crippen molar-refractivity contribution < 1.29 is 20.4 Å². The average Bonchev–Trinajstić information content (AvgIpc) is 2.08. The molecule has 0 spiro atoms.